The molecule has 1 rings (SSSR count). The van der Waals surface area contributed by atoms with Gasteiger partial charge in [0.1, 0.15) is 6.04 Å². The molecule has 5 nitrogen and oxygen atoms in total. The zero-order valence-electron chi connectivity index (χ0n) is 9.52. The summed E-state index contributed by atoms with van der Waals surface area (Å²) in [5.41, 5.74) is 0.489. The van der Waals surface area contributed by atoms with Gasteiger partial charge in [-0.1, -0.05) is 23.7 Å². The zero-order valence-corrected chi connectivity index (χ0v) is 10.3. The Labute approximate surface area is 109 Å². The van der Waals surface area contributed by atoms with Crippen LogP contribution in [0.4, 0.5) is 10.5 Å². The molecule has 6 heteroatoms. The van der Waals surface area contributed by atoms with Crippen LogP contribution < -0.4 is 10.6 Å². The van der Waals surface area contributed by atoms with Crippen LogP contribution in [0.1, 0.15) is 6.42 Å². The maximum absolute atomic E-state index is 11.6. The second kappa shape index (κ2) is 6.66. The van der Waals surface area contributed by atoms with Gasteiger partial charge in [-0.3, -0.25) is 0 Å². The van der Waals surface area contributed by atoms with E-state index in [2.05, 4.69) is 17.2 Å². The Balaban J connectivity index is 2.60. The lowest BCUT2D eigenvalue weighted by atomic mass is 10.2. The summed E-state index contributed by atoms with van der Waals surface area (Å²) >= 11 is 5.76. The summed E-state index contributed by atoms with van der Waals surface area (Å²) in [5, 5.41) is 14.1. The van der Waals surface area contributed by atoms with Crippen molar-refractivity contribution in [1.82, 2.24) is 5.32 Å². The van der Waals surface area contributed by atoms with Gasteiger partial charge in [0.2, 0.25) is 0 Å². The Morgan fingerprint density at radius 3 is 2.78 bits per heavy atom. The molecule has 0 fully saturated rings. The fourth-order valence-corrected chi connectivity index (χ4v) is 1.47. The first-order valence-corrected chi connectivity index (χ1v) is 5.57. The first kappa shape index (κ1) is 14.1. The first-order valence-electron chi connectivity index (χ1n) is 5.19. The van der Waals surface area contributed by atoms with Crippen LogP contribution in [0.5, 0.6) is 0 Å². The number of carbonyl (C=O) groups is 2. The third kappa shape index (κ3) is 4.47. The molecule has 0 bridgehead atoms. The van der Waals surface area contributed by atoms with Crippen LogP contribution in [0.3, 0.4) is 0 Å². The molecule has 3 N–H and O–H groups in total. The molecule has 0 aliphatic heterocycles. The average molecular weight is 269 g/mol. The molecular weight excluding hydrogens is 256 g/mol. The lowest BCUT2D eigenvalue weighted by Gasteiger charge is -2.13. The van der Waals surface area contributed by atoms with Crippen molar-refractivity contribution >= 4 is 29.3 Å². The van der Waals surface area contributed by atoms with Crippen molar-refractivity contribution in [3.63, 3.8) is 0 Å². The van der Waals surface area contributed by atoms with E-state index in [1.165, 1.54) is 6.08 Å². The Morgan fingerprint density at radius 2 is 2.22 bits per heavy atom. The number of carboxylic acid groups (broad SMARTS) is 1. The number of benzene rings is 1. The van der Waals surface area contributed by atoms with Gasteiger partial charge in [0.15, 0.2) is 0 Å². The minimum atomic E-state index is -1.11. The van der Waals surface area contributed by atoms with E-state index < -0.39 is 18.0 Å². The molecule has 0 spiro atoms. The van der Waals surface area contributed by atoms with Crippen LogP contribution in [-0.4, -0.2) is 23.1 Å². The average Bonchev–Trinajstić information content (AvgIpc) is 2.28. The monoisotopic (exact) mass is 268 g/mol. The fourth-order valence-electron chi connectivity index (χ4n) is 1.28. The molecule has 0 heterocycles. The maximum atomic E-state index is 11.6. The topological polar surface area (TPSA) is 78.4 Å². The molecule has 1 unspecified atom stereocenters. The van der Waals surface area contributed by atoms with Gasteiger partial charge >= 0.3 is 12.0 Å². The van der Waals surface area contributed by atoms with Crippen LogP contribution in [0.25, 0.3) is 0 Å². The second-order valence-corrected chi connectivity index (χ2v) is 3.96. The number of anilines is 1. The molecule has 0 aromatic heterocycles. The third-order valence-electron chi connectivity index (χ3n) is 2.09. The number of halogens is 1. The van der Waals surface area contributed by atoms with E-state index >= 15 is 0 Å². The molecule has 0 radical (unpaired) electrons. The molecule has 18 heavy (non-hydrogen) atoms. The quantitative estimate of drug-likeness (QED) is 0.718. The predicted octanol–water partition coefficient (Wildman–Crippen LogP) is 2.49. The Bertz CT molecular complexity index is 462. The van der Waals surface area contributed by atoms with E-state index in [9.17, 15) is 9.59 Å². The SMILES string of the molecule is C=CCC(NC(=O)Nc1cccc(Cl)c1)C(=O)O. The molecule has 1 aromatic rings. The Hall–Kier alpha value is -2.01. The summed E-state index contributed by atoms with van der Waals surface area (Å²) in [6, 6.07) is 4.95. The van der Waals surface area contributed by atoms with E-state index in [4.69, 9.17) is 16.7 Å². The van der Waals surface area contributed by atoms with Gasteiger partial charge in [0.25, 0.3) is 0 Å². The van der Waals surface area contributed by atoms with Crippen molar-refractivity contribution in [2.45, 2.75) is 12.5 Å². The summed E-state index contributed by atoms with van der Waals surface area (Å²) in [7, 11) is 0. The number of nitrogens with one attached hydrogen (secondary N) is 2. The van der Waals surface area contributed by atoms with Crippen molar-refractivity contribution in [3.8, 4) is 0 Å². The highest BCUT2D eigenvalue weighted by atomic mass is 35.5. The van der Waals surface area contributed by atoms with E-state index in [0.717, 1.165) is 0 Å². The number of rotatable bonds is 5. The number of carboxylic acids is 1. The Kier molecular flexibility index (Phi) is 5.20. The van der Waals surface area contributed by atoms with Crippen molar-refractivity contribution in [3.05, 3.63) is 41.9 Å². The van der Waals surface area contributed by atoms with Crippen LogP contribution in [0.2, 0.25) is 5.02 Å². The number of amides is 2. The normalized spacial score (nSPS) is 11.4. The van der Waals surface area contributed by atoms with Gasteiger partial charge < -0.3 is 15.7 Å². The van der Waals surface area contributed by atoms with Crippen LogP contribution in [0, 0.1) is 0 Å². The second-order valence-electron chi connectivity index (χ2n) is 3.52. The van der Waals surface area contributed by atoms with E-state index in [1.807, 2.05) is 0 Å². The number of carbonyl (C=O) groups excluding carboxylic acids is 1. The molecule has 0 saturated carbocycles. The third-order valence-corrected chi connectivity index (χ3v) is 2.32. The molecule has 1 atom stereocenters. The number of urea groups is 1. The summed E-state index contributed by atoms with van der Waals surface area (Å²) in [6.45, 7) is 3.43. The molecule has 2 amide bonds. The van der Waals surface area contributed by atoms with E-state index in [-0.39, 0.29) is 6.42 Å². The smallest absolute Gasteiger partial charge is 0.326 e. The maximum Gasteiger partial charge on any atom is 0.326 e. The highest BCUT2D eigenvalue weighted by Gasteiger charge is 2.18. The van der Waals surface area contributed by atoms with Crippen LogP contribution in [0.15, 0.2) is 36.9 Å². The van der Waals surface area contributed by atoms with Gasteiger partial charge in [0.05, 0.1) is 0 Å². The summed E-state index contributed by atoms with van der Waals surface area (Å²) in [6.07, 6.45) is 1.58. The summed E-state index contributed by atoms with van der Waals surface area (Å²) < 4.78 is 0. The van der Waals surface area contributed by atoms with Crippen LogP contribution in [-0.2, 0) is 4.79 Å². The molecule has 1 aromatic carbocycles. The largest absolute Gasteiger partial charge is 0.480 e. The minimum absolute atomic E-state index is 0.151. The minimum Gasteiger partial charge on any atom is -0.480 e. The fraction of sp³-hybridized carbons (Fsp3) is 0.167. The summed E-state index contributed by atoms with van der Waals surface area (Å²) in [5.74, 6) is -1.11. The standard InChI is InChI=1S/C12H13ClN2O3/c1-2-4-10(11(16)17)15-12(18)14-9-6-3-5-8(13)7-9/h2-3,5-7,10H,1,4H2,(H,16,17)(H2,14,15,18). The van der Waals surface area contributed by atoms with Gasteiger partial charge in [-0.2, -0.15) is 0 Å². The molecule has 96 valence electrons. The van der Waals surface area contributed by atoms with Crippen molar-refractivity contribution in [2.24, 2.45) is 0 Å². The van der Waals surface area contributed by atoms with Crippen molar-refractivity contribution in [2.75, 3.05) is 5.32 Å². The zero-order chi connectivity index (χ0) is 13.5. The molecule has 0 aliphatic carbocycles. The molecule has 0 aliphatic rings. The molecular formula is C12H13ClN2O3. The first-order chi connectivity index (χ1) is 8.52. The Morgan fingerprint density at radius 1 is 1.50 bits per heavy atom. The van der Waals surface area contributed by atoms with Crippen LogP contribution >= 0.6 is 11.6 Å². The van der Waals surface area contributed by atoms with Crippen molar-refractivity contribution < 1.29 is 14.7 Å². The van der Waals surface area contributed by atoms with Gasteiger partial charge in [-0.15, -0.1) is 6.58 Å². The highest BCUT2D eigenvalue weighted by molar-refractivity contribution is 6.30. The molecule has 0 saturated heterocycles. The van der Waals surface area contributed by atoms with E-state index in [0.29, 0.717) is 10.7 Å². The van der Waals surface area contributed by atoms with Gasteiger partial charge in [0, 0.05) is 10.7 Å². The highest BCUT2D eigenvalue weighted by Crippen LogP contribution is 2.14. The lowest BCUT2D eigenvalue weighted by molar-refractivity contribution is -0.139. The number of aliphatic carboxylic acids is 1. The van der Waals surface area contributed by atoms with Gasteiger partial charge in [-0.05, 0) is 24.6 Å². The van der Waals surface area contributed by atoms with E-state index in [1.54, 1.807) is 24.3 Å². The van der Waals surface area contributed by atoms with Gasteiger partial charge in [-0.25, -0.2) is 9.59 Å². The lowest BCUT2D eigenvalue weighted by Crippen LogP contribution is -2.42. The summed E-state index contributed by atoms with van der Waals surface area (Å²) in [4.78, 5) is 22.4. The number of hydrogen-bond acceptors (Lipinski definition) is 2. The number of hydrogen-bond donors (Lipinski definition) is 3. The predicted molar refractivity (Wildman–Crippen MR) is 69.8 cm³/mol. The van der Waals surface area contributed by atoms with Crippen molar-refractivity contribution in [1.29, 1.82) is 0 Å².